The van der Waals surface area contributed by atoms with E-state index < -0.39 is 15.7 Å². The minimum atomic E-state index is -4.01. The molecule has 214 valence electrons. The van der Waals surface area contributed by atoms with Crippen molar-refractivity contribution in [3.05, 3.63) is 124 Å². The molecule has 2 amide bonds. The Morgan fingerprint density at radius 2 is 1.55 bits per heavy atom. The molecule has 0 atom stereocenters. The number of carbonyl (C=O) groups is 2. The average Bonchev–Trinajstić information content (AvgIpc) is 3.07. The molecule has 0 N–H and O–H groups in total. The van der Waals surface area contributed by atoms with Gasteiger partial charge < -0.3 is 9.80 Å². The van der Waals surface area contributed by atoms with E-state index in [2.05, 4.69) is 24.3 Å². The zero-order chi connectivity index (χ0) is 29.4. The topological polar surface area (TPSA) is 74.8 Å². The predicted molar refractivity (Wildman–Crippen MR) is 164 cm³/mol. The van der Waals surface area contributed by atoms with Gasteiger partial charge in [0.2, 0.25) is 9.84 Å². The smallest absolute Gasteiger partial charge is 0.259 e. The third-order valence-corrected chi connectivity index (χ3v) is 10.4. The van der Waals surface area contributed by atoms with E-state index in [-0.39, 0.29) is 33.5 Å². The van der Waals surface area contributed by atoms with Crippen molar-refractivity contribution in [1.82, 2.24) is 4.90 Å². The van der Waals surface area contributed by atoms with E-state index in [0.717, 1.165) is 36.0 Å². The van der Waals surface area contributed by atoms with Gasteiger partial charge in [0, 0.05) is 18.7 Å². The van der Waals surface area contributed by atoms with Gasteiger partial charge in [0.1, 0.15) is 0 Å². The van der Waals surface area contributed by atoms with Crippen molar-refractivity contribution in [2.24, 2.45) is 5.92 Å². The van der Waals surface area contributed by atoms with E-state index >= 15 is 0 Å². The van der Waals surface area contributed by atoms with E-state index in [9.17, 15) is 18.0 Å². The Labute approximate surface area is 247 Å². The molecule has 0 radical (unpaired) electrons. The number of aryl methyl sites for hydroxylation is 2. The minimum Gasteiger partial charge on any atom is -0.339 e. The lowest BCUT2D eigenvalue weighted by Gasteiger charge is -2.32. The normalized spacial score (nSPS) is 16.5. The molecule has 2 aliphatic rings. The third kappa shape index (κ3) is 5.25. The summed E-state index contributed by atoms with van der Waals surface area (Å²) in [4.78, 5) is 31.1. The summed E-state index contributed by atoms with van der Waals surface area (Å²) >= 11 is 0. The number of fused-ring (bicyclic) bond motifs is 2. The maximum Gasteiger partial charge on any atom is 0.259 e. The molecule has 0 bridgehead atoms. The van der Waals surface area contributed by atoms with Crippen LogP contribution in [0, 0.1) is 19.8 Å². The van der Waals surface area contributed by atoms with Crippen LogP contribution < -0.4 is 4.90 Å². The van der Waals surface area contributed by atoms with Gasteiger partial charge >= 0.3 is 0 Å². The Kier molecular flexibility index (Phi) is 7.45. The number of amides is 2. The first kappa shape index (κ1) is 27.9. The first-order valence-corrected chi connectivity index (χ1v) is 15.9. The number of piperidine rings is 1. The molecule has 6 rings (SSSR count). The van der Waals surface area contributed by atoms with Gasteiger partial charge in [-0.15, -0.1) is 0 Å². The molecule has 6 nitrogen and oxygen atoms in total. The van der Waals surface area contributed by atoms with Crippen LogP contribution >= 0.6 is 0 Å². The first-order valence-electron chi connectivity index (χ1n) is 14.4. The fourth-order valence-electron chi connectivity index (χ4n) is 6.11. The van der Waals surface area contributed by atoms with Crippen LogP contribution in [-0.2, 0) is 22.8 Å². The van der Waals surface area contributed by atoms with E-state index in [1.165, 1.54) is 22.6 Å². The van der Waals surface area contributed by atoms with E-state index in [1.807, 2.05) is 43.0 Å². The number of hydrogen-bond donors (Lipinski definition) is 0. The van der Waals surface area contributed by atoms with E-state index in [1.54, 1.807) is 30.3 Å². The summed E-state index contributed by atoms with van der Waals surface area (Å²) in [5.74, 6) is -0.0350. The fraction of sp³-hybridized carbons (Fsp3) is 0.257. The Balaban J connectivity index is 1.34. The third-order valence-electron chi connectivity index (χ3n) is 8.54. The van der Waals surface area contributed by atoms with Crippen molar-refractivity contribution in [2.75, 3.05) is 18.0 Å². The Morgan fingerprint density at radius 3 is 2.31 bits per heavy atom. The van der Waals surface area contributed by atoms with Crippen LogP contribution in [0.15, 0.2) is 101 Å². The van der Waals surface area contributed by atoms with Gasteiger partial charge in [-0.25, -0.2) is 8.42 Å². The van der Waals surface area contributed by atoms with Gasteiger partial charge in [-0.3, -0.25) is 9.59 Å². The van der Waals surface area contributed by atoms with Gasteiger partial charge in [-0.1, -0.05) is 66.2 Å². The summed E-state index contributed by atoms with van der Waals surface area (Å²) < 4.78 is 27.7. The highest BCUT2D eigenvalue weighted by molar-refractivity contribution is 7.91. The SMILES string of the molecule is Cc1ccc(C)c(CN2C(=O)c3ccccc3S(=O)(=O)c3ccc(C(=O)N4CCC(Cc5ccccc5)CC4)cc32)c1. The average molecular weight is 579 g/mol. The number of likely N-dealkylation sites (tertiary alicyclic amines) is 1. The van der Waals surface area contributed by atoms with Crippen LogP contribution in [0.25, 0.3) is 0 Å². The second-order valence-electron chi connectivity index (χ2n) is 11.4. The van der Waals surface area contributed by atoms with Crippen molar-refractivity contribution in [2.45, 2.75) is 49.4 Å². The zero-order valence-corrected chi connectivity index (χ0v) is 24.7. The van der Waals surface area contributed by atoms with E-state index in [0.29, 0.717) is 24.6 Å². The molecule has 42 heavy (non-hydrogen) atoms. The van der Waals surface area contributed by atoms with E-state index in [4.69, 9.17) is 0 Å². The molecule has 1 saturated heterocycles. The molecule has 0 aliphatic carbocycles. The van der Waals surface area contributed by atoms with Crippen molar-refractivity contribution >= 4 is 27.3 Å². The lowest BCUT2D eigenvalue weighted by atomic mass is 9.90. The molecular formula is C35H34N2O4S. The van der Waals surface area contributed by atoms with Crippen molar-refractivity contribution < 1.29 is 18.0 Å². The molecule has 7 heteroatoms. The van der Waals surface area contributed by atoms with Crippen LogP contribution in [0.1, 0.15) is 55.8 Å². The quantitative estimate of drug-likeness (QED) is 0.275. The number of benzene rings is 4. The minimum absolute atomic E-state index is 0.0146. The summed E-state index contributed by atoms with van der Waals surface area (Å²) in [6, 6.07) is 27.5. The highest BCUT2D eigenvalue weighted by atomic mass is 32.2. The van der Waals surface area contributed by atoms with Crippen molar-refractivity contribution in [3.63, 3.8) is 0 Å². The molecule has 0 aromatic heterocycles. The maximum absolute atomic E-state index is 14.0. The summed E-state index contributed by atoms with van der Waals surface area (Å²) in [5, 5.41) is 0. The molecule has 2 heterocycles. The lowest BCUT2D eigenvalue weighted by Crippen LogP contribution is -2.39. The number of nitrogens with zero attached hydrogens (tertiary/aromatic N) is 2. The predicted octanol–water partition coefficient (Wildman–Crippen LogP) is 6.39. The Morgan fingerprint density at radius 1 is 0.833 bits per heavy atom. The van der Waals surface area contributed by atoms with Crippen LogP contribution in [0.4, 0.5) is 5.69 Å². The van der Waals surface area contributed by atoms with Crippen LogP contribution in [0.2, 0.25) is 0 Å². The number of anilines is 1. The second-order valence-corrected chi connectivity index (χ2v) is 13.3. The monoisotopic (exact) mass is 578 g/mol. The zero-order valence-electron chi connectivity index (χ0n) is 23.9. The van der Waals surface area contributed by atoms with Gasteiger partial charge in [0.25, 0.3) is 11.8 Å². The Bertz CT molecular complexity index is 1770. The largest absolute Gasteiger partial charge is 0.339 e. The number of rotatable bonds is 5. The highest BCUT2D eigenvalue weighted by Crippen LogP contribution is 2.39. The number of hydrogen-bond acceptors (Lipinski definition) is 4. The standard InChI is InChI=1S/C35H34N2O4S/c1-24-12-13-25(2)29(20-24)23-37-31-22-28(14-15-33(31)42(40,41)32-11-7-6-10-30(32)35(37)39)34(38)36-18-16-27(17-19-36)21-26-8-4-3-5-9-26/h3-15,20,22,27H,16-19,21,23H2,1-2H3. The van der Waals surface area contributed by atoms with Gasteiger partial charge in [-0.05, 0) is 86.1 Å². The maximum atomic E-state index is 14.0. The van der Waals surface area contributed by atoms with Crippen LogP contribution in [-0.4, -0.2) is 38.2 Å². The molecule has 4 aromatic carbocycles. The molecule has 0 saturated carbocycles. The highest BCUT2D eigenvalue weighted by Gasteiger charge is 2.36. The molecule has 1 fully saturated rings. The van der Waals surface area contributed by atoms with Crippen LogP contribution in [0.5, 0.6) is 0 Å². The molecule has 2 aliphatic heterocycles. The van der Waals surface area contributed by atoms with Crippen molar-refractivity contribution in [1.29, 1.82) is 0 Å². The van der Waals surface area contributed by atoms with Gasteiger partial charge in [-0.2, -0.15) is 0 Å². The second kappa shape index (κ2) is 11.2. The molecule has 4 aromatic rings. The van der Waals surface area contributed by atoms with Crippen LogP contribution in [0.3, 0.4) is 0 Å². The molecular weight excluding hydrogens is 544 g/mol. The summed E-state index contributed by atoms with van der Waals surface area (Å²) in [5.41, 5.74) is 5.03. The van der Waals surface area contributed by atoms with Gasteiger partial charge in [0.15, 0.2) is 0 Å². The summed E-state index contributed by atoms with van der Waals surface area (Å²) in [7, 11) is -4.01. The summed E-state index contributed by atoms with van der Waals surface area (Å²) in [6.45, 7) is 5.43. The lowest BCUT2D eigenvalue weighted by molar-refractivity contribution is 0.0690. The molecule has 0 spiro atoms. The first-order chi connectivity index (χ1) is 20.2. The fourth-order valence-corrected chi connectivity index (χ4v) is 7.74. The summed E-state index contributed by atoms with van der Waals surface area (Å²) in [6.07, 6.45) is 2.81. The number of carbonyl (C=O) groups excluding carboxylic acids is 2. The molecule has 0 unspecified atom stereocenters. The Hall–Kier alpha value is -4.23. The number of sulfone groups is 1. The van der Waals surface area contributed by atoms with Gasteiger partial charge in [0.05, 0.1) is 27.6 Å². The van der Waals surface area contributed by atoms with Crippen molar-refractivity contribution in [3.8, 4) is 0 Å².